The fourth-order valence-corrected chi connectivity index (χ4v) is 8.48. The minimum absolute atomic E-state index is 0.642. The maximum atomic E-state index is 5.85. The summed E-state index contributed by atoms with van der Waals surface area (Å²) in [6.45, 7) is 15.2. The number of rotatable bonds is 11. The lowest BCUT2D eigenvalue weighted by Crippen LogP contribution is -2.47. The molecule has 0 radical (unpaired) electrons. The molecule has 0 aliphatic rings. The number of hydrogen-bond donors (Lipinski definition) is 0. The van der Waals surface area contributed by atoms with Gasteiger partial charge >= 0.3 is 8.80 Å². The fourth-order valence-electron chi connectivity index (χ4n) is 1.92. The van der Waals surface area contributed by atoms with Crippen molar-refractivity contribution in [3.8, 4) is 0 Å². The van der Waals surface area contributed by atoms with Crippen molar-refractivity contribution >= 4 is 17.1 Å². The first-order valence-electron chi connectivity index (χ1n) is 7.01. The van der Waals surface area contributed by atoms with E-state index in [4.69, 9.17) is 17.7 Å². The minimum Gasteiger partial charge on any atom is -0.418 e. The highest BCUT2D eigenvalue weighted by Gasteiger charge is 2.42. The van der Waals surface area contributed by atoms with Gasteiger partial charge in [-0.1, -0.05) is 0 Å². The fraction of sp³-hybridized carbons (Fsp3) is 1.00. The van der Waals surface area contributed by atoms with Gasteiger partial charge in [0.25, 0.3) is 0 Å². The van der Waals surface area contributed by atoms with E-state index in [0.717, 1.165) is 18.7 Å². The molecule has 0 fully saturated rings. The highest BCUT2D eigenvalue weighted by molar-refractivity contribution is 6.73. The van der Waals surface area contributed by atoms with Crippen molar-refractivity contribution in [2.24, 2.45) is 0 Å². The summed E-state index contributed by atoms with van der Waals surface area (Å²) in [6.07, 6.45) is 0. The molecular formula is C12H30O4Si2. The van der Waals surface area contributed by atoms with Gasteiger partial charge in [-0.3, -0.25) is 0 Å². The molecule has 0 aromatic heterocycles. The highest BCUT2D eigenvalue weighted by Crippen LogP contribution is 2.24. The average molecular weight is 295 g/mol. The van der Waals surface area contributed by atoms with Crippen LogP contribution in [0.4, 0.5) is 0 Å². The van der Waals surface area contributed by atoms with E-state index in [1.807, 2.05) is 27.7 Å². The summed E-state index contributed by atoms with van der Waals surface area (Å²) >= 11 is 0. The first-order chi connectivity index (χ1) is 8.45. The van der Waals surface area contributed by atoms with Crippen LogP contribution in [-0.4, -0.2) is 43.5 Å². The molecule has 0 N–H and O–H groups in total. The van der Waals surface area contributed by atoms with Gasteiger partial charge in [0.1, 0.15) is 0 Å². The maximum absolute atomic E-state index is 5.85. The van der Waals surface area contributed by atoms with E-state index in [1.54, 1.807) is 0 Å². The Morgan fingerprint density at radius 3 is 1.33 bits per heavy atom. The Morgan fingerprint density at radius 2 is 1.00 bits per heavy atom. The maximum Gasteiger partial charge on any atom is 0.500 e. The van der Waals surface area contributed by atoms with E-state index in [1.165, 1.54) is 0 Å². The predicted octanol–water partition coefficient (Wildman–Crippen LogP) is 3.28. The molecule has 0 heterocycles. The molecule has 0 aromatic rings. The van der Waals surface area contributed by atoms with Crippen molar-refractivity contribution < 1.29 is 17.7 Å². The van der Waals surface area contributed by atoms with Crippen molar-refractivity contribution in [1.82, 2.24) is 0 Å². The van der Waals surface area contributed by atoms with Crippen LogP contribution < -0.4 is 0 Å². The Balaban J connectivity index is 4.55. The van der Waals surface area contributed by atoms with Gasteiger partial charge in [0.2, 0.25) is 0 Å². The Labute approximate surface area is 114 Å². The molecule has 18 heavy (non-hydrogen) atoms. The molecule has 0 aliphatic heterocycles. The molecule has 0 saturated carbocycles. The smallest absolute Gasteiger partial charge is 0.418 e. The lowest BCUT2D eigenvalue weighted by molar-refractivity contribution is 0.0721. The molecule has 0 spiro atoms. The van der Waals surface area contributed by atoms with Crippen LogP contribution in [0.5, 0.6) is 0 Å². The van der Waals surface area contributed by atoms with E-state index in [0.29, 0.717) is 19.8 Å². The van der Waals surface area contributed by atoms with E-state index in [-0.39, 0.29) is 0 Å². The second-order valence-electron chi connectivity index (χ2n) is 4.67. The Bertz CT molecular complexity index is 195. The zero-order chi connectivity index (χ0) is 14.1. The summed E-state index contributed by atoms with van der Waals surface area (Å²) in [5, 5.41) is 0. The first kappa shape index (κ1) is 18.3. The van der Waals surface area contributed by atoms with E-state index >= 15 is 0 Å². The van der Waals surface area contributed by atoms with Crippen molar-refractivity contribution in [2.45, 2.75) is 52.9 Å². The predicted molar refractivity (Wildman–Crippen MR) is 79.4 cm³/mol. The van der Waals surface area contributed by atoms with Crippen LogP contribution in [0.1, 0.15) is 27.7 Å². The molecule has 0 unspecified atom stereocenters. The van der Waals surface area contributed by atoms with E-state index < -0.39 is 17.1 Å². The Hall–Kier alpha value is 0.274. The molecule has 0 amide bonds. The lowest BCUT2D eigenvalue weighted by atomic mass is 10.9. The lowest BCUT2D eigenvalue weighted by Gasteiger charge is -2.31. The molecule has 0 rings (SSSR count). The minimum atomic E-state index is -2.48. The zero-order valence-electron chi connectivity index (χ0n) is 12.9. The van der Waals surface area contributed by atoms with Gasteiger partial charge in [-0.25, -0.2) is 0 Å². The zero-order valence-corrected chi connectivity index (χ0v) is 14.9. The summed E-state index contributed by atoms with van der Waals surface area (Å²) in [6, 6.07) is 1.88. The average Bonchev–Trinajstić information content (AvgIpc) is 2.28. The second-order valence-corrected chi connectivity index (χ2v) is 11.7. The molecule has 4 nitrogen and oxygen atoms in total. The van der Waals surface area contributed by atoms with Gasteiger partial charge in [-0.15, -0.1) is 0 Å². The normalized spacial score (nSPS) is 13.0. The molecule has 110 valence electrons. The van der Waals surface area contributed by atoms with Gasteiger partial charge < -0.3 is 17.7 Å². The standard InChI is InChI=1S/C12H30O4Si2/c1-7-13-17(5,6)11-12-18(14-8-2,15-9-3)16-10-4/h7-12H2,1-6H3. The van der Waals surface area contributed by atoms with Crippen LogP contribution in [0.2, 0.25) is 25.2 Å². The third-order valence-corrected chi connectivity index (χ3v) is 8.73. The quantitative estimate of drug-likeness (QED) is 0.548. The van der Waals surface area contributed by atoms with Gasteiger partial charge in [0.05, 0.1) is 0 Å². The second kappa shape index (κ2) is 9.22. The molecule has 0 bridgehead atoms. The van der Waals surface area contributed by atoms with E-state index in [9.17, 15) is 0 Å². The summed E-state index contributed by atoms with van der Waals surface area (Å²) < 4.78 is 23.4. The third kappa shape index (κ3) is 7.01. The van der Waals surface area contributed by atoms with Crippen LogP contribution in [0.25, 0.3) is 0 Å². The molecule has 0 aliphatic carbocycles. The van der Waals surface area contributed by atoms with Crippen molar-refractivity contribution in [2.75, 3.05) is 26.4 Å². The largest absolute Gasteiger partial charge is 0.500 e. The van der Waals surface area contributed by atoms with E-state index in [2.05, 4.69) is 13.1 Å². The van der Waals surface area contributed by atoms with Crippen molar-refractivity contribution in [3.05, 3.63) is 0 Å². The molecule has 0 atom stereocenters. The molecule has 6 heteroatoms. The first-order valence-corrected chi connectivity index (χ1v) is 12.1. The van der Waals surface area contributed by atoms with Crippen molar-refractivity contribution in [3.63, 3.8) is 0 Å². The summed E-state index contributed by atoms with van der Waals surface area (Å²) in [5.41, 5.74) is 0. The van der Waals surface area contributed by atoms with Gasteiger partial charge in [-0.2, -0.15) is 0 Å². The number of hydrogen-bond acceptors (Lipinski definition) is 4. The van der Waals surface area contributed by atoms with Crippen molar-refractivity contribution in [1.29, 1.82) is 0 Å². The van der Waals surface area contributed by atoms with Gasteiger partial charge in [0, 0.05) is 32.5 Å². The molecule has 0 aromatic carbocycles. The molecule has 0 saturated heterocycles. The van der Waals surface area contributed by atoms with Crippen LogP contribution >= 0.6 is 0 Å². The SMILES string of the molecule is CCO[Si](C)(C)CC[Si](OCC)(OCC)OCC. The molecular weight excluding hydrogens is 264 g/mol. The van der Waals surface area contributed by atoms with Crippen LogP contribution in [0, 0.1) is 0 Å². The Morgan fingerprint density at radius 1 is 0.611 bits per heavy atom. The topological polar surface area (TPSA) is 36.9 Å². The summed E-state index contributed by atoms with van der Waals surface area (Å²) in [4.78, 5) is 0. The van der Waals surface area contributed by atoms with Gasteiger partial charge in [-0.05, 0) is 46.8 Å². The van der Waals surface area contributed by atoms with Crippen LogP contribution in [0.3, 0.4) is 0 Å². The summed E-state index contributed by atoms with van der Waals surface area (Å²) in [5.74, 6) is 0. The highest BCUT2D eigenvalue weighted by atomic mass is 28.4. The summed E-state index contributed by atoms with van der Waals surface area (Å²) in [7, 11) is -4.09. The third-order valence-electron chi connectivity index (χ3n) is 2.66. The monoisotopic (exact) mass is 294 g/mol. The Kier molecular flexibility index (Phi) is 9.36. The van der Waals surface area contributed by atoms with Crippen LogP contribution in [0.15, 0.2) is 0 Å². The van der Waals surface area contributed by atoms with Gasteiger partial charge in [0.15, 0.2) is 8.32 Å². The van der Waals surface area contributed by atoms with Crippen LogP contribution in [-0.2, 0) is 17.7 Å².